The number of fused-ring (bicyclic) bond motifs is 6. The summed E-state index contributed by atoms with van der Waals surface area (Å²) in [7, 11) is 0. The second-order valence-electron chi connectivity index (χ2n) is 4.93. The minimum absolute atomic E-state index is 0.488. The van der Waals surface area contributed by atoms with E-state index < -0.39 is 0 Å². The van der Waals surface area contributed by atoms with Crippen molar-refractivity contribution in [3.8, 4) is 0 Å². The molecule has 1 aromatic heterocycles. The number of benzene rings is 3. The number of aldehydes is 1. The van der Waals surface area contributed by atoms with Gasteiger partial charge >= 0.3 is 0 Å². The highest BCUT2D eigenvalue weighted by Crippen LogP contribution is 2.39. The van der Waals surface area contributed by atoms with E-state index in [0.717, 1.165) is 11.8 Å². The predicted molar refractivity (Wildman–Crippen MR) is 86.6 cm³/mol. The molecule has 96 valence electrons. The molecule has 0 aliphatic heterocycles. The number of hydrogen-bond acceptors (Lipinski definition) is 2. The lowest BCUT2D eigenvalue weighted by Crippen LogP contribution is -1.85. The van der Waals surface area contributed by atoms with Crippen molar-refractivity contribution in [3.05, 3.63) is 59.5 Å². The molecular formula is C18H12OS. The molecule has 0 N–H and O–H groups in total. The van der Waals surface area contributed by atoms with Gasteiger partial charge in [-0.3, -0.25) is 0 Å². The van der Waals surface area contributed by atoms with E-state index in [9.17, 15) is 4.79 Å². The molecule has 0 amide bonds. The minimum Gasteiger partial charge on any atom is -0.303 e. The third kappa shape index (κ3) is 1.52. The fourth-order valence-corrected chi connectivity index (χ4v) is 4.12. The van der Waals surface area contributed by atoms with Crippen LogP contribution in [0.25, 0.3) is 31.6 Å². The Balaban J connectivity index is 2.34. The number of thiophene rings is 1. The van der Waals surface area contributed by atoms with Crippen LogP contribution in [0.2, 0.25) is 0 Å². The summed E-state index contributed by atoms with van der Waals surface area (Å²) in [5, 5.41) is 8.45. The average molecular weight is 276 g/mol. The van der Waals surface area contributed by atoms with Gasteiger partial charge in [-0.15, -0.1) is 11.3 Å². The van der Waals surface area contributed by atoms with Gasteiger partial charge in [0.25, 0.3) is 0 Å². The highest BCUT2D eigenvalue weighted by atomic mass is 32.1. The summed E-state index contributed by atoms with van der Waals surface area (Å²) in [6, 6.07) is 17.0. The third-order valence-corrected chi connectivity index (χ3v) is 4.89. The number of carbonyl (C=O) groups excluding carboxylic acids is 1. The highest BCUT2D eigenvalue weighted by Gasteiger charge is 2.12. The van der Waals surface area contributed by atoms with Crippen LogP contribution in [0.1, 0.15) is 5.56 Å². The fraction of sp³-hybridized carbons (Fsp3) is 0.0556. The lowest BCUT2D eigenvalue weighted by atomic mass is 9.96. The van der Waals surface area contributed by atoms with E-state index >= 15 is 0 Å². The van der Waals surface area contributed by atoms with Gasteiger partial charge in [0.2, 0.25) is 0 Å². The van der Waals surface area contributed by atoms with E-state index in [1.807, 2.05) is 0 Å². The molecule has 4 aromatic rings. The van der Waals surface area contributed by atoms with Crippen molar-refractivity contribution in [3.63, 3.8) is 0 Å². The average Bonchev–Trinajstić information content (AvgIpc) is 2.92. The Morgan fingerprint density at radius 2 is 1.45 bits per heavy atom. The maximum absolute atomic E-state index is 10.9. The minimum atomic E-state index is 0.488. The van der Waals surface area contributed by atoms with Crippen LogP contribution in [-0.4, -0.2) is 6.29 Å². The summed E-state index contributed by atoms with van der Waals surface area (Å²) in [4.78, 5) is 10.9. The van der Waals surface area contributed by atoms with Gasteiger partial charge in [-0.05, 0) is 27.1 Å². The van der Waals surface area contributed by atoms with E-state index in [0.29, 0.717) is 6.42 Å². The molecule has 0 unspecified atom stereocenters. The van der Waals surface area contributed by atoms with Crippen molar-refractivity contribution in [2.45, 2.75) is 6.42 Å². The molecule has 1 heterocycles. The van der Waals surface area contributed by atoms with Gasteiger partial charge in [0.1, 0.15) is 6.29 Å². The zero-order chi connectivity index (χ0) is 13.5. The molecule has 1 nitrogen and oxygen atoms in total. The van der Waals surface area contributed by atoms with Crippen molar-refractivity contribution in [2.24, 2.45) is 0 Å². The Labute approximate surface area is 120 Å². The van der Waals surface area contributed by atoms with Crippen molar-refractivity contribution in [2.75, 3.05) is 0 Å². The van der Waals surface area contributed by atoms with Crippen LogP contribution < -0.4 is 0 Å². The molecule has 0 saturated carbocycles. The van der Waals surface area contributed by atoms with Gasteiger partial charge in [0.15, 0.2) is 0 Å². The van der Waals surface area contributed by atoms with Crippen molar-refractivity contribution < 1.29 is 4.79 Å². The SMILES string of the molecule is O=CCc1csc2c3ccccc3c3ccccc3c12. The first kappa shape index (κ1) is 11.6. The predicted octanol–water partition coefficient (Wildman–Crippen LogP) is 4.95. The number of carbonyl (C=O) groups is 1. The number of rotatable bonds is 2. The first-order chi connectivity index (χ1) is 9.90. The highest BCUT2D eigenvalue weighted by molar-refractivity contribution is 7.18. The van der Waals surface area contributed by atoms with Crippen LogP contribution in [0.15, 0.2) is 53.9 Å². The summed E-state index contributed by atoms with van der Waals surface area (Å²) >= 11 is 1.74. The first-order valence-corrected chi connectivity index (χ1v) is 7.51. The molecule has 0 atom stereocenters. The largest absolute Gasteiger partial charge is 0.303 e. The van der Waals surface area contributed by atoms with Crippen LogP contribution in [-0.2, 0) is 11.2 Å². The normalized spacial score (nSPS) is 11.4. The smallest absolute Gasteiger partial charge is 0.124 e. The number of hydrogen-bond donors (Lipinski definition) is 0. The fourth-order valence-electron chi connectivity index (χ4n) is 2.98. The van der Waals surface area contributed by atoms with Gasteiger partial charge in [0.05, 0.1) is 0 Å². The lowest BCUT2D eigenvalue weighted by Gasteiger charge is -2.07. The first-order valence-electron chi connectivity index (χ1n) is 6.63. The van der Waals surface area contributed by atoms with Crippen molar-refractivity contribution in [1.82, 2.24) is 0 Å². The lowest BCUT2D eigenvalue weighted by molar-refractivity contribution is -0.107. The van der Waals surface area contributed by atoms with Crippen LogP contribution in [0.3, 0.4) is 0 Å². The summed E-state index contributed by atoms with van der Waals surface area (Å²) in [5.41, 5.74) is 1.14. The van der Waals surface area contributed by atoms with Crippen molar-refractivity contribution >= 4 is 49.3 Å². The molecule has 0 aliphatic rings. The Hall–Kier alpha value is -2.19. The van der Waals surface area contributed by atoms with E-state index in [4.69, 9.17) is 0 Å². The van der Waals surface area contributed by atoms with Gasteiger partial charge < -0.3 is 4.79 Å². The van der Waals surface area contributed by atoms with E-state index in [1.165, 1.54) is 31.6 Å². The molecule has 0 bridgehead atoms. The summed E-state index contributed by atoms with van der Waals surface area (Å²) < 4.78 is 1.29. The molecule has 4 rings (SSSR count). The summed E-state index contributed by atoms with van der Waals surface area (Å²) in [5.74, 6) is 0. The molecule has 0 saturated heterocycles. The van der Waals surface area contributed by atoms with Crippen LogP contribution in [0.4, 0.5) is 0 Å². The van der Waals surface area contributed by atoms with Gasteiger partial charge in [-0.1, -0.05) is 48.5 Å². The van der Waals surface area contributed by atoms with Gasteiger partial charge in [0, 0.05) is 21.9 Å². The monoisotopic (exact) mass is 276 g/mol. The molecule has 0 aliphatic carbocycles. The third-order valence-electron chi connectivity index (χ3n) is 3.83. The molecule has 20 heavy (non-hydrogen) atoms. The second-order valence-corrected chi connectivity index (χ2v) is 5.81. The standard InChI is InChI=1S/C18H12OS/c19-10-9-12-11-20-18-16-8-4-2-6-14(16)13-5-1-3-7-15(13)17(12)18/h1-8,10-11H,9H2. The van der Waals surface area contributed by atoms with Crippen LogP contribution in [0, 0.1) is 0 Å². The zero-order valence-electron chi connectivity index (χ0n) is 10.8. The quantitative estimate of drug-likeness (QED) is 0.374. The molecule has 3 aromatic carbocycles. The van der Waals surface area contributed by atoms with Crippen LogP contribution in [0.5, 0.6) is 0 Å². The van der Waals surface area contributed by atoms with Gasteiger partial charge in [-0.2, -0.15) is 0 Å². The molecule has 0 spiro atoms. The molecule has 2 heteroatoms. The van der Waals surface area contributed by atoms with E-state index in [-0.39, 0.29) is 0 Å². The second kappa shape index (κ2) is 4.43. The van der Waals surface area contributed by atoms with E-state index in [1.54, 1.807) is 11.3 Å². The Morgan fingerprint density at radius 1 is 0.850 bits per heavy atom. The summed E-state index contributed by atoms with van der Waals surface area (Å²) in [6.07, 6.45) is 1.48. The Bertz CT molecular complexity index is 950. The van der Waals surface area contributed by atoms with E-state index in [2.05, 4.69) is 53.9 Å². The van der Waals surface area contributed by atoms with Crippen LogP contribution >= 0.6 is 11.3 Å². The molecule has 0 radical (unpaired) electrons. The Kier molecular flexibility index (Phi) is 2.57. The van der Waals surface area contributed by atoms with Gasteiger partial charge in [-0.25, -0.2) is 0 Å². The van der Waals surface area contributed by atoms with Crippen molar-refractivity contribution in [1.29, 1.82) is 0 Å². The maximum atomic E-state index is 10.9. The maximum Gasteiger partial charge on any atom is 0.124 e. The summed E-state index contributed by atoms with van der Waals surface area (Å²) in [6.45, 7) is 0. The Morgan fingerprint density at radius 3 is 2.15 bits per heavy atom. The molecular weight excluding hydrogens is 264 g/mol. The topological polar surface area (TPSA) is 17.1 Å². The molecule has 0 fully saturated rings. The zero-order valence-corrected chi connectivity index (χ0v) is 11.6.